The van der Waals surface area contributed by atoms with E-state index in [2.05, 4.69) is 0 Å². The molecule has 0 saturated carbocycles. The number of amides is 1. The number of benzene rings is 1. The second-order valence-corrected chi connectivity index (χ2v) is 7.93. The number of pyridine rings is 1. The van der Waals surface area contributed by atoms with Crippen molar-refractivity contribution in [3.8, 4) is 0 Å². The van der Waals surface area contributed by atoms with Crippen molar-refractivity contribution in [1.29, 1.82) is 0 Å². The van der Waals surface area contributed by atoms with Gasteiger partial charge in [0.2, 0.25) is 0 Å². The van der Waals surface area contributed by atoms with Crippen LogP contribution in [0, 0.1) is 0 Å². The number of carbonyl (C=O) groups excluding carboxylic acids is 2. The van der Waals surface area contributed by atoms with Crippen LogP contribution in [0.25, 0.3) is 10.9 Å². The van der Waals surface area contributed by atoms with Gasteiger partial charge in [-0.2, -0.15) is 0 Å². The highest BCUT2D eigenvalue weighted by Gasteiger charge is 2.46. The summed E-state index contributed by atoms with van der Waals surface area (Å²) in [6.45, 7) is 6.35. The lowest BCUT2D eigenvalue weighted by atomic mass is 9.75. The number of methoxy groups -OCH3 is 1. The third kappa shape index (κ3) is 3.89. The number of ether oxygens (including phenoxy) is 2. The molecule has 1 aliphatic heterocycles. The Balaban J connectivity index is 1.87. The van der Waals surface area contributed by atoms with Crippen LogP contribution in [0.4, 0.5) is 4.79 Å². The molecule has 0 unspecified atom stereocenters. The van der Waals surface area contributed by atoms with Crippen molar-refractivity contribution in [3.63, 3.8) is 0 Å². The van der Waals surface area contributed by atoms with Gasteiger partial charge in [-0.3, -0.25) is 9.78 Å². The third-order valence-corrected chi connectivity index (χ3v) is 4.93. The molecule has 0 N–H and O–H groups in total. The lowest BCUT2D eigenvalue weighted by Gasteiger charge is -2.39. The Morgan fingerprint density at radius 3 is 2.37 bits per heavy atom. The fraction of sp³-hybridized carbons (Fsp3) is 0.476. The minimum absolute atomic E-state index is 0.311. The number of nitrogens with zero attached hydrogens (tertiary/aromatic N) is 2. The van der Waals surface area contributed by atoms with Crippen molar-refractivity contribution >= 4 is 23.0 Å². The fourth-order valence-corrected chi connectivity index (χ4v) is 3.49. The Hall–Kier alpha value is -2.63. The molecule has 1 amide bonds. The normalized spacial score (nSPS) is 16.8. The second-order valence-electron chi connectivity index (χ2n) is 7.93. The van der Waals surface area contributed by atoms with Gasteiger partial charge >= 0.3 is 12.1 Å². The van der Waals surface area contributed by atoms with Gasteiger partial charge in [0.05, 0.1) is 18.3 Å². The van der Waals surface area contributed by atoms with E-state index < -0.39 is 11.0 Å². The van der Waals surface area contributed by atoms with Crippen LogP contribution >= 0.6 is 0 Å². The van der Waals surface area contributed by atoms with E-state index in [0.717, 1.165) is 10.9 Å². The van der Waals surface area contributed by atoms with E-state index >= 15 is 0 Å². The van der Waals surface area contributed by atoms with Crippen molar-refractivity contribution in [2.75, 3.05) is 20.2 Å². The minimum atomic E-state index is -0.850. The van der Waals surface area contributed by atoms with Gasteiger partial charge in [0, 0.05) is 18.5 Å². The molecular weight excluding hydrogens is 344 g/mol. The predicted molar refractivity (Wildman–Crippen MR) is 102 cm³/mol. The van der Waals surface area contributed by atoms with Crippen molar-refractivity contribution in [1.82, 2.24) is 9.88 Å². The smallest absolute Gasteiger partial charge is 0.410 e. The van der Waals surface area contributed by atoms with Gasteiger partial charge in [0.25, 0.3) is 0 Å². The van der Waals surface area contributed by atoms with E-state index in [1.807, 2.05) is 57.2 Å². The summed E-state index contributed by atoms with van der Waals surface area (Å²) >= 11 is 0. The topological polar surface area (TPSA) is 68.7 Å². The summed E-state index contributed by atoms with van der Waals surface area (Å²) in [6.07, 6.45) is 0.543. The maximum Gasteiger partial charge on any atom is 0.410 e. The summed E-state index contributed by atoms with van der Waals surface area (Å²) in [7, 11) is 1.39. The van der Waals surface area contributed by atoms with Gasteiger partial charge in [0.1, 0.15) is 11.0 Å². The molecule has 1 aliphatic rings. The first kappa shape index (κ1) is 19.1. The molecule has 0 atom stereocenters. The molecule has 0 bridgehead atoms. The minimum Gasteiger partial charge on any atom is -0.468 e. The van der Waals surface area contributed by atoms with Crippen LogP contribution in [0.2, 0.25) is 0 Å². The average molecular weight is 370 g/mol. The van der Waals surface area contributed by atoms with Crippen molar-refractivity contribution in [3.05, 3.63) is 42.1 Å². The zero-order valence-corrected chi connectivity index (χ0v) is 16.3. The summed E-state index contributed by atoms with van der Waals surface area (Å²) in [5.41, 5.74) is 0.135. The second kappa shape index (κ2) is 7.18. The molecule has 2 aromatic rings. The van der Waals surface area contributed by atoms with Crippen LogP contribution in [-0.4, -0.2) is 47.7 Å². The molecule has 6 heteroatoms. The van der Waals surface area contributed by atoms with Crippen LogP contribution in [0.15, 0.2) is 36.4 Å². The lowest BCUT2D eigenvalue weighted by Crippen LogP contribution is -2.50. The number of rotatable bonds is 2. The Morgan fingerprint density at radius 1 is 1.07 bits per heavy atom. The van der Waals surface area contributed by atoms with Crippen LogP contribution in [0.1, 0.15) is 39.3 Å². The first-order valence-electron chi connectivity index (χ1n) is 9.18. The standard InChI is InChI=1S/C21H26N2O4/c1-20(2,3)27-19(25)23-13-11-21(12-14-23,18(24)26-4)17-10-9-15-7-5-6-8-16(15)22-17/h5-10H,11-14H2,1-4H3. The zero-order chi connectivity index (χ0) is 19.7. The first-order chi connectivity index (χ1) is 12.7. The molecule has 1 fully saturated rings. The summed E-state index contributed by atoms with van der Waals surface area (Å²) in [5.74, 6) is -0.311. The summed E-state index contributed by atoms with van der Waals surface area (Å²) < 4.78 is 10.6. The van der Waals surface area contributed by atoms with Crippen LogP contribution in [0.3, 0.4) is 0 Å². The number of likely N-dealkylation sites (tertiary alicyclic amines) is 1. The zero-order valence-electron chi connectivity index (χ0n) is 16.3. The monoisotopic (exact) mass is 370 g/mol. The van der Waals surface area contributed by atoms with E-state index in [1.165, 1.54) is 7.11 Å². The number of esters is 1. The SMILES string of the molecule is COC(=O)C1(c2ccc3ccccc3n2)CCN(C(=O)OC(C)(C)C)CC1. The molecule has 0 radical (unpaired) electrons. The van der Waals surface area contributed by atoms with Gasteiger partial charge in [-0.05, 0) is 45.7 Å². The quantitative estimate of drug-likeness (QED) is 0.755. The molecule has 3 rings (SSSR count). The molecule has 144 valence electrons. The maximum atomic E-state index is 12.7. The van der Waals surface area contributed by atoms with E-state index in [4.69, 9.17) is 14.5 Å². The molecule has 6 nitrogen and oxygen atoms in total. The Kier molecular flexibility index (Phi) is 5.09. The van der Waals surface area contributed by atoms with E-state index in [9.17, 15) is 9.59 Å². The predicted octanol–water partition coefficient (Wildman–Crippen LogP) is 3.68. The highest BCUT2D eigenvalue weighted by atomic mass is 16.6. The lowest BCUT2D eigenvalue weighted by molar-refractivity contribution is -0.150. The summed E-state index contributed by atoms with van der Waals surface area (Å²) in [4.78, 5) is 31.5. The molecule has 1 aromatic heterocycles. The Bertz CT molecular complexity index is 849. The van der Waals surface area contributed by atoms with Gasteiger partial charge in [-0.1, -0.05) is 24.3 Å². The molecule has 1 aromatic carbocycles. The van der Waals surface area contributed by atoms with Gasteiger partial charge in [0.15, 0.2) is 0 Å². The average Bonchev–Trinajstić information content (AvgIpc) is 2.65. The number of piperidine rings is 1. The maximum absolute atomic E-state index is 12.7. The first-order valence-corrected chi connectivity index (χ1v) is 9.18. The summed E-state index contributed by atoms with van der Waals surface area (Å²) in [5, 5.41) is 1.02. The van der Waals surface area contributed by atoms with Gasteiger partial charge in [-0.15, -0.1) is 0 Å². The van der Waals surface area contributed by atoms with Crippen molar-refractivity contribution in [2.24, 2.45) is 0 Å². The number of aromatic nitrogens is 1. The number of para-hydroxylation sites is 1. The highest BCUT2D eigenvalue weighted by molar-refractivity contribution is 5.85. The largest absolute Gasteiger partial charge is 0.468 e. The highest BCUT2D eigenvalue weighted by Crippen LogP contribution is 2.37. The number of hydrogen-bond donors (Lipinski definition) is 0. The molecular formula is C21H26N2O4. The van der Waals surface area contributed by atoms with Crippen molar-refractivity contribution in [2.45, 2.75) is 44.6 Å². The van der Waals surface area contributed by atoms with Gasteiger partial charge in [-0.25, -0.2) is 4.79 Å². The molecule has 27 heavy (non-hydrogen) atoms. The molecule has 1 saturated heterocycles. The van der Waals surface area contributed by atoms with Gasteiger partial charge < -0.3 is 14.4 Å². The fourth-order valence-electron chi connectivity index (χ4n) is 3.49. The van der Waals surface area contributed by atoms with E-state index in [-0.39, 0.29) is 12.1 Å². The molecule has 0 spiro atoms. The third-order valence-electron chi connectivity index (χ3n) is 4.93. The molecule has 0 aliphatic carbocycles. The Morgan fingerprint density at radius 2 is 1.74 bits per heavy atom. The van der Waals surface area contributed by atoms with Crippen LogP contribution in [-0.2, 0) is 19.7 Å². The Labute approximate surface area is 159 Å². The van der Waals surface area contributed by atoms with Crippen LogP contribution < -0.4 is 0 Å². The van der Waals surface area contributed by atoms with Crippen molar-refractivity contribution < 1.29 is 19.1 Å². The number of fused-ring (bicyclic) bond motifs is 1. The summed E-state index contributed by atoms with van der Waals surface area (Å²) in [6, 6.07) is 11.7. The van der Waals surface area contributed by atoms with Crippen LogP contribution in [0.5, 0.6) is 0 Å². The molecule has 2 heterocycles. The van der Waals surface area contributed by atoms with E-state index in [0.29, 0.717) is 31.6 Å². The number of carbonyl (C=O) groups is 2. The number of hydrogen-bond acceptors (Lipinski definition) is 5. The van der Waals surface area contributed by atoms with E-state index in [1.54, 1.807) is 4.90 Å².